The maximum atomic E-state index is 11.9. The number of carbonyl (C=O) groups is 1. The Labute approximate surface area is 91.7 Å². The highest BCUT2D eigenvalue weighted by atomic mass is 16.5. The number of fused-ring (bicyclic) bond motifs is 2. The van der Waals surface area contributed by atoms with Crippen LogP contribution >= 0.6 is 0 Å². The van der Waals surface area contributed by atoms with E-state index in [-0.39, 0.29) is 11.9 Å². The number of hydrogen-bond donors (Lipinski definition) is 0. The Morgan fingerprint density at radius 1 is 1.40 bits per heavy atom. The van der Waals surface area contributed by atoms with E-state index in [2.05, 4.69) is 26.0 Å². The summed E-state index contributed by atoms with van der Waals surface area (Å²) in [4.78, 5) is 11.9. The molecule has 0 radical (unpaired) electrons. The number of hydrogen-bond acceptors (Lipinski definition) is 2. The third-order valence-corrected chi connectivity index (χ3v) is 3.85. The van der Waals surface area contributed by atoms with Crippen LogP contribution in [0.2, 0.25) is 0 Å². The molecule has 15 heavy (non-hydrogen) atoms. The Morgan fingerprint density at radius 2 is 2.07 bits per heavy atom. The van der Waals surface area contributed by atoms with E-state index in [4.69, 9.17) is 4.74 Å². The van der Waals surface area contributed by atoms with Gasteiger partial charge >= 0.3 is 5.97 Å². The number of rotatable bonds is 3. The van der Waals surface area contributed by atoms with Crippen LogP contribution in [0.5, 0.6) is 0 Å². The monoisotopic (exact) mass is 208 g/mol. The number of carbonyl (C=O) groups excluding carboxylic acids is 1. The second-order valence-electron chi connectivity index (χ2n) is 5.05. The Kier molecular flexibility index (Phi) is 2.85. The summed E-state index contributed by atoms with van der Waals surface area (Å²) < 4.78 is 5.19. The molecular weight excluding hydrogens is 188 g/mol. The third-order valence-electron chi connectivity index (χ3n) is 3.85. The van der Waals surface area contributed by atoms with Crippen molar-refractivity contribution >= 4 is 5.97 Å². The van der Waals surface area contributed by atoms with E-state index in [0.717, 1.165) is 6.42 Å². The zero-order chi connectivity index (χ0) is 11.0. The molecule has 0 N–H and O–H groups in total. The van der Waals surface area contributed by atoms with Crippen molar-refractivity contribution in [1.29, 1.82) is 0 Å². The van der Waals surface area contributed by atoms with Crippen molar-refractivity contribution in [1.82, 2.24) is 0 Å². The molecule has 0 aromatic carbocycles. The molecule has 0 heterocycles. The van der Waals surface area contributed by atoms with E-state index in [1.54, 1.807) is 0 Å². The van der Waals surface area contributed by atoms with Gasteiger partial charge in [-0.3, -0.25) is 4.79 Å². The van der Waals surface area contributed by atoms with Crippen molar-refractivity contribution in [3.63, 3.8) is 0 Å². The summed E-state index contributed by atoms with van der Waals surface area (Å²) in [6, 6.07) is 0. The average molecular weight is 208 g/mol. The molecule has 2 heteroatoms. The van der Waals surface area contributed by atoms with Gasteiger partial charge in [-0.25, -0.2) is 0 Å². The predicted octanol–water partition coefficient (Wildman–Crippen LogP) is 2.64. The van der Waals surface area contributed by atoms with Crippen molar-refractivity contribution in [2.75, 3.05) is 6.61 Å². The lowest BCUT2D eigenvalue weighted by atomic mass is 9.76. The molecule has 1 fully saturated rings. The summed E-state index contributed by atoms with van der Waals surface area (Å²) in [5, 5.41) is 0. The van der Waals surface area contributed by atoms with E-state index in [0.29, 0.717) is 30.3 Å². The van der Waals surface area contributed by atoms with Gasteiger partial charge in [0.1, 0.15) is 0 Å². The molecule has 0 amide bonds. The van der Waals surface area contributed by atoms with Crippen molar-refractivity contribution < 1.29 is 9.53 Å². The van der Waals surface area contributed by atoms with Crippen LogP contribution in [-0.2, 0) is 9.53 Å². The standard InChI is InChI=1S/C13H20O2/c1-4-15-13(14)12-10-6-5-9(7-10)11(12)8(2)3/h5-6,8-12H,4,7H2,1-3H3/t9-,10+,11-,12-/m1/s1. The molecule has 0 spiro atoms. The lowest BCUT2D eigenvalue weighted by Crippen LogP contribution is -2.32. The smallest absolute Gasteiger partial charge is 0.309 e. The molecule has 0 aromatic rings. The number of ether oxygens (including phenoxy) is 1. The predicted molar refractivity (Wildman–Crippen MR) is 59.2 cm³/mol. The summed E-state index contributed by atoms with van der Waals surface area (Å²) in [7, 11) is 0. The highest BCUT2D eigenvalue weighted by Crippen LogP contribution is 2.51. The van der Waals surface area contributed by atoms with Gasteiger partial charge in [-0.2, -0.15) is 0 Å². The Bertz CT molecular complexity index is 280. The van der Waals surface area contributed by atoms with E-state index in [1.165, 1.54) is 0 Å². The molecular formula is C13H20O2. The molecule has 2 aliphatic carbocycles. The third kappa shape index (κ3) is 1.70. The second-order valence-corrected chi connectivity index (χ2v) is 5.05. The fourth-order valence-electron chi connectivity index (χ4n) is 3.34. The van der Waals surface area contributed by atoms with Gasteiger partial charge < -0.3 is 4.74 Å². The normalized spacial score (nSPS) is 37.6. The Balaban J connectivity index is 2.15. The van der Waals surface area contributed by atoms with Gasteiger partial charge in [0.15, 0.2) is 0 Å². The Hall–Kier alpha value is -0.790. The summed E-state index contributed by atoms with van der Waals surface area (Å²) in [6.45, 7) is 6.81. The van der Waals surface area contributed by atoms with E-state index in [9.17, 15) is 4.79 Å². The second kappa shape index (κ2) is 3.99. The summed E-state index contributed by atoms with van der Waals surface area (Å²) in [5.41, 5.74) is 0. The lowest BCUT2D eigenvalue weighted by Gasteiger charge is -2.29. The highest BCUT2D eigenvalue weighted by molar-refractivity contribution is 5.74. The van der Waals surface area contributed by atoms with Gasteiger partial charge in [0.25, 0.3) is 0 Å². The van der Waals surface area contributed by atoms with Crippen LogP contribution in [0.15, 0.2) is 12.2 Å². The highest BCUT2D eigenvalue weighted by Gasteiger charge is 2.49. The largest absolute Gasteiger partial charge is 0.466 e. The molecule has 4 atom stereocenters. The van der Waals surface area contributed by atoms with Crippen molar-refractivity contribution in [2.24, 2.45) is 29.6 Å². The van der Waals surface area contributed by atoms with Gasteiger partial charge in [0.2, 0.25) is 0 Å². The fraction of sp³-hybridized carbons (Fsp3) is 0.769. The van der Waals surface area contributed by atoms with Gasteiger partial charge in [-0.15, -0.1) is 0 Å². The molecule has 0 unspecified atom stereocenters. The fourth-order valence-corrected chi connectivity index (χ4v) is 3.34. The average Bonchev–Trinajstić information content (AvgIpc) is 2.76. The molecule has 2 nitrogen and oxygen atoms in total. The van der Waals surface area contributed by atoms with E-state index >= 15 is 0 Å². The van der Waals surface area contributed by atoms with Gasteiger partial charge in [0, 0.05) is 0 Å². The van der Waals surface area contributed by atoms with Gasteiger partial charge in [-0.05, 0) is 37.0 Å². The van der Waals surface area contributed by atoms with Crippen LogP contribution in [0.25, 0.3) is 0 Å². The van der Waals surface area contributed by atoms with Crippen molar-refractivity contribution in [3.8, 4) is 0 Å². The zero-order valence-corrected chi connectivity index (χ0v) is 9.77. The first-order valence-electron chi connectivity index (χ1n) is 6.00. The minimum absolute atomic E-state index is 0.0213. The SMILES string of the molecule is CCOC(=O)[C@H]1[C@H](C(C)C)[C@@H]2C=C[C@H]1C2. The van der Waals surface area contributed by atoms with Crippen molar-refractivity contribution in [3.05, 3.63) is 12.2 Å². The topological polar surface area (TPSA) is 26.3 Å². The molecule has 84 valence electrons. The summed E-state index contributed by atoms with van der Waals surface area (Å²) in [5.74, 6) is 2.28. The van der Waals surface area contributed by atoms with E-state index in [1.807, 2.05) is 6.92 Å². The maximum absolute atomic E-state index is 11.9. The zero-order valence-electron chi connectivity index (χ0n) is 9.77. The number of allylic oxidation sites excluding steroid dienone is 2. The molecule has 0 saturated heterocycles. The molecule has 2 bridgehead atoms. The minimum Gasteiger partial charge on any atom is -0.466 e. The van der Waals surface area contributed by atoms with Crippen LogP contribution in [0, 0.1) is 29.6 Å². The molecule has 2 rings (SSSR count). The van der Waals surface area contributed by atoms with Crippen LogP contribution in [0.4, 0.5) is 0 Å². The van der Waals surface area contributed by atoms with Gasteiger partial charge in [0.05, 0.1) is 12.5 Å². The summed E-state index contributed by atoms with van der Waals surface area (Å²) >= 11 is 0. The Morgan fingerprint density at radius 3 is 2.67 bits per heavy atom. The number of esters is 1. The quantitative estimate of drug-likeness (QED) is 0.526. The summed E-state index contributed by atoms with van der Waals surface area (Å²) in [6.07, 6.45) is 5.67. The first-order chi connectivity index (χ1) is 7.15. The molecule has 0 aromatic heterocycles. The van der Waals surface area contributed by atoms with Crippen LogP contribution in [0.3, 0.4) is 0 Å². The minimum atomic E-state index is 0.0213. The first-order valence-corrected chi connectivity index (χ1v) is 6.00. The maximum Gasteiger partial charge on any atom is 0.309 e. The van der Waals surface area contributed by atoms with Crippen molar-refractivity contribution in [2.45, 2.75) is 27.2 Å². The lowest BCUT2D eigenvalue weighted by molar-refractivity contribution is -0.151. The van der Waals surface area contributed by atoms with Crippen LogP contribution in [-0.4, -0.2) is 12.6 Å². The molecule has 2 aliphatic rings. The van der Waals surface area contributed by atoms with Gasteiger partial charge in [-0.1, -0.05) is 26.0 Å². The van der Waals surface area contributed by atoms with E-state index < -0.39 is 0 Å². The first kappa shape index (κ1) is 10.7. The van der Waals surface area contributed by atoms with Crippen LogP contribution < -0.4 is 0 Å². The van der Waals surface area contributed by atoms with Crippen LogP contribution in [0.1, 0.15) is 27.2 Å². The molecule has 0 aliphatic heterocycles. The molecule has 1 saturated carbocycles.